The van der Waals surface area contributed by atoms with Crippen molar-refractivity contribution in [1.29, 1.82) is 0 Å². The van der Waals surface area contributed by atoms with Gasteiger partial charge in [-0.2, -0.15) is 13.2 Å². The van der Waals surface area contributed by atoms with Gasteiger partial charge in [-0.1, -0.05) is 23.7 Å². The molecule has 0 radical (unpaired) electrons. The van der Waals surface area contributed by atoms with Crippen molar-refractivity contribution in [1.82, 2.24) is 15.1 Å². The second-order valence-electron chi connectivity index (χ2n) is 7.55. The molecule has 0 unspecified atom stereocenters. The summed E-state index contributed by atoms with van der Waals surface area (Å²) in [5, 5.41) is 3.82. The number of likely N-dealkylation sites (tertiary alicyclic amines) is 2. The first-order chi connectivity index (χ1) is 12.7. The van der Waals surface area contributed by atoms with E-state index >= 15 is 0 Å². The molecule has 2 heterocycles. The van der Waals surface area contributed by atoms with Crippen molar-refractivity contribution in [3.63, 3.8) is 0 Å². The number of nitrogens with one attached hydrogen (secondary N) is 1. The van der Waals surface area contributed by atoms with Crippen LogP contribution in [0.15, 0.2) is 24.3 Å². The van der Waals surface area contributed by atoms with Crippen molar-refractivity contribution < 1.29 is 18.0 Å². The first kappa shape index (κ1) is 20.4. The number of carbonyl (C=O) groups excluding carboxylic acids is 1. The second kappa shape index (κ2) is 8.37. The van der Waals surface area contributed by atoms with Gasteiger partial charge in [-0.3, -0.25) is 14.6 Å². The van der Waals surface area contributed by atoms with Crippen molar-refractivity contribution in [3.8, 4) is 0 Å². The maximum absolute atomic E-state index is 12.7. The molecule has 0 spiro atoms. The van der Waals surface area contributed by atoms with E-state index in [1.54, 1.807) is 0 Å². The van der Waals surface area contributed by atoms with E-state index < -0.39 is 12.7 Å². The van der Waals surface area contributed by atoms with E-state index in [-0.39, 0.29) is 23.9 Å². The van der Waals surface area contributed by atoms with Gasteiger partial charge in [0.05, 0.1) is 12.6 Å². The molecule has 1 aromatic carbocycles. The molecule has 2 atom stereocenters. The molecule has 2 fully saturated rings. The fourth-order valence-electron chi connectivity index (χ4n) is 4.15. The molecule has 1 N–H and O–H groups in total. The van der Waals surface area contributed by atoms with Crippen LogP contribution in [-0.4, -0.2) is 61.2 Å². The number of benzene rings is 1. The first-order valence-electron chi connectivity index (χ1n) is 9.28. The highest BCUT2D eigenvalue weighted by molar-refractivity contribution is 6.30. The SMILES string of the molecule is CN1CC[C@H](NC(=O)C2CCN(CC(F)(F)F)CC2)[C@H]1c1ccc(Cl)cc1. The molecule has 4 nitrogen and oxygen atoms in total. The number of rotatable bonds is 4. The topological polar surface area (TPSA) is 35.6 Å². The van der Waals surface area contributed by atoms with Gasteiger partial charge in [0, 0.05) is 23.5 Å². The minimum absolute atomic E-state index is 0.00289. The fourth-order valence-corrected chi connectivity index (χ4v) is 4.28. The number of hydrogen-bond acceptors (Lipinski definition) is 3. The van der Waals surface area contributed by atoms with Gasteiger partial charge < -0.3 is 5.32 Å². The van der Waals surface area contributed by atoms with Crippen LogP contribution < -0.4 is 5.32 Å². The summed E-state index contributed by atoms with van der Waals surface area (Å²) in [5.74, 6) is -0.257. The Balaban J connectivity index is 1.56. The smallest absolute Gasteiger partial charge is 0.351 e. The number of hydrogen-bond donors (Lipinski definition) is 1. The highest BCUT2D eigenvalue weighted by Gasteiger charge is 2.37. The van der Waals surface area contributed by atoms with Crippen molar-refractivity contribution in [3.05, 3.63) is 34.9 Å². The second-order valence-corrected chi connectivity index (χ2v) is 7.98. The minimum atomic E-state index is -4.19. The highest BCUT2D eigenvalue weighted by atomic mass is 35.5. The van der Waals surface area contributed by atoms with Crippen LogP contribution in [0.2, 0.25) is 5.02 Å². The molecule has 0 saturated carbocycles. The van der Waals surface area contributed by atoms with E-state index in [2.05, 4.69) is 10.2 Å². The number of piperidine rings is 1. The first-order valence-corrected chi connectivity index (χ1v) is 9.66. The van der Waals surface area contributed by atoms with Crippen LogP contribution in [0, 0.1) is 5.92 Å². The molecule has 2 saturated heterocycles. The van der Waals surface area contributed by atoms with E-state index in [1.165, 1.54) is 4.90 Å². The Kier molecular flexibility index (Phi) is 6.33. The number of halogens is 4. The fraction of sp³-hybridized carbons (Fsp3) is 0.632. The third kappa shape index (κ3) is 5.36. The van der Waals surface area contributed by atoms with Gasteiger partial charge in [-0.15, -0.1) is 0 Å². The Bertz CT molecular complexity index is 645. The lowest BCUT2D eigenvalue weighted by atomic mass is 9.94. The van der Waals surface area contributed by atoms with Gasteiger partial charge in [0.25, 0.3) is 0 Å². The molecule has 27 heavy (non-hydrogen) atoms. The van der Waals surface area contributed by atoms with E-state index in [1.807, 2.05) is 31.3 Å². The maximum Gasteiger partial charge on any atom is 0.401 e. The maximum atomic E-state index is 12.7. The molecular weight excluding hydrogens is 379 g/mol. The third-order valence-electron chi connectivity index (χ3n) is 5.55. The molecule has 8 heteroatoms. The number of carbonyl (C=O) groups is 1. The average Bonchev–Trinajstić information content (AvgIpc) is 2.95. The zero-order chi connectivity index (χ0) is 19.6. The summed E-state index contributed by atoms with van der Waals surface area (Å²) in [5.41, 5.74) is 1.10. The Labute approximate surface area is 162 Å². The zero-order valence-corrected chi connectivity index (χ0v) is 16.1. The van der Waals surface area contributed by atoms with Gasteiger partial charge in [-0.25, -0.2) is 0 Å². The zero-order valence-electron chi connectivity index (χ0n) is 15.3. The molecular formula is C19H25ClF3N3O. The van der Waals surface area contributed by atoms with Gasteiger partial charge in [0.15, 0.2) is 0 Å². The molecule has 3 rings (SSSR count). The van der Waals surface area contributed by atoms with E-state index in [0.717, 1.165) is 18.5 Å². The van der Waals surface area contributed by atoms with Crippen molar-refractivity contribution >= 4 is 17.5 Å². The van der Waals surface area contributed by atoms with Crippen LogP contribution in [0.1, 0.15) is 30.9 Å². The molecule has 0 aromatic heterocycles. The minimum Gasteiger partial charge on any atom is -0.351 e. The lowest BCUT2D eigenvalue weighted by Gasteiger charge is -2.33. The van der Waals surface area contributed by atoms with Crippen molar-refractivity contribution in [2.75, 3.05) is 33.2 Å². The molecule has 150 valence electrons. The van der Waals surface area contributed by atoms with E-state index in [4.69, 9.17) is 11.6 Å². The molecule has 0 aliphatic carbocycles. The van der Waals surface area contributed by atoms with Crippen LogP contribution in [0.3, 0.4) is 0 Å². The molecule has 1 aromatic rings. The standard InChI is InChI=1S/C19H25ClF3N3O/c1-25-9-8-16(17(25)13-2-4-15(20)5-3-13)24-18(27)14-6-10-26(11-7-14)12-19(21,22)23/h2-5,14,16-17H,6-12H2,1H3,(H,24,27)/t16-,17+/m0/s1. The largest absolute Gasteiger partial charge is 0.401 e. The Morgan fingerprint density at radius 3 is 2.37 bits per heavy atom. The van der Waals surface area contributed by atoms with Crippen LogP contribution in [-0.2, 0) is 4.79 Å². The number of likely N-dealkylation sites (N-methyl/N-ethyl adjacent to an activating group) is 1. The molecule has 0 bridgehead atoms. The summed E-state index contributed by atoms with van der Waals surface area (Å²) in [4.78, 5) is 16.3. The lowest BCUT2D eigenvalue weighted by Crippen LogP contribution is -2.46. The number of amides is 1. The summed E-state index contributed by atoms with van der Waals surface area (Å²) < 4.78 is 37.5. The Morgan fingerprint density at radius 2 is 1.78 bits per heavy atom. The van der Waals surface area contributed by atoms with Gasteiger partial charge >= 0.3 is 6.18 Å². The highest BCUT2D eigenvalue weighted by Crippen LogP contribution is 2.32. The summed E-state index contributed by atoms with van der Waals surface area (Å²) in [6.07, 6.45) is -2.40. The van der Waals surface area contributed by atoms with Gasteiger partial charge in [0.2, 0.25) is 5.91 Å². The molecule has 2 aliphatic rings. The normalized spacial score (nSPS) is 25.7. The van der Waals surface area contributed by atoms with Crippen molar-refractivity contribution in [2.24, 2.45) is 5.92 Å². The third-order valence-corrected chi connectivity index (χ3v) is 5.80. The Morgan fingerprint density at radius 1 is 1.15 bits per heavy atom. The number of nitrogens with zero attached hydrogens (tertiary/aromatic N) is 2. The Hall–Kier alpha value is -1.31. The van der Waals surface area contributed by atoms with E-state index in [9.17, 15) is 18.0 Å². The summed E-state index contributed by atoms with van der Waals surface area (Å²) in [7, 11) is 2.03. The number of alkyl halides is 3. The molecule has 2 aliphatic heterocycles. The summed E-state index contributed by atoms with van der Waals surface area (Å²) in [6, 6.07) is 7.72. The van der Waals surface area contributed by atoms with Crippen LogP contribution in [0.25, 0.3) is 0 Å². The van der Waals surface area contributed by atoms with Gasteiger partial charge in [-0.05, 0) is 57.1 Å². The van der Waals surface area contributed by atoms with Crippen molar-refractivity contribution in [2.45, 2.75) is 37.5 Å². The summed E-state index contributed by atoms with van der Waals surface area (Å²) >= 11 is 5.97. The average molecular weight is 404 g/mol. The van der Waals surface area contributed by atoms with Crippen LogP contribution >= 0.6 is 11.6 Å². The van der Waals surface area contributed by atoms with Gasteiger partial charge in [0.1, 0.15) is 0 Å². The summed E-state index contributed by atoms with van der Waals surface area (Å²) in [6.45, 7) is 0.598. The lowest BCUT2D eigenvalue weighted by molar-refractivity contribution is -0.149. The van der Waals surface area contributed by atoms with Crippen LogP contribution in [0.4, 0.5) is 13.2 Å². The predicted molar refractivity (Wildman–Crippen MR) is 98.6 cm³/mol. The molecule has 1 amide bonds. The van der Waals surface area contributed by atoms with Crippen LogP contribution in [0.5, 0.6) is 0 Å². The predicted octanol–water partition coefficient (Wildman–Crippen LogP) is 3.48. The monoisotopic (exact) mass is 403 g/mol. The quantitative estimate of drug-likeness (QED) is 0.836. The van der Waals surface area contributed by atoms with E-state index in [0.29, 0.717) is 31.0 Å².